The normalized spacial score (nSPS) is 12.7. The lowest BCUT2D eigenvalue weighted by Crippen LogP contribution is -2.02. The van der Waals surface area contributed by atoms with Crippen LogP contribution in [0.1, 0.15) is 17.4 Å². The van der Waals surface area contributed by atoms with E-state index in [1.54, 1.807) is 10.9 Å². The molecule has 2 heterocycles. The van der Waals surface area contributed by atoms with Gasteiger partial charge in [0.1, 0.15) is 0 Å². The van der Waals surface area contributed by atoms with Gasteiger partial charge in [0.15, 0.2) is 0 Å². The van der Waals surface area contributed by atoms with E-state index in [0.717, 1.165) is 22.2 Å². The highest BCUT2D eigenvalue weighted by molar-refractivity contribution is 5.79. The minimum atomic E-state index is -0.582. The third kappa shape index (κ3) is 2.46. The number of aliphatic hydroxyl groups is 1. The Morgan fingerprint density at radius 3 is 3.00 bits per heavy atom. The fraction of sp³-hybridized carbons (Fsp3) is 0.214. The van der Waals surface area contributed by atoms with Crippen LogP contribution in [0.15, 0.2) is 42.7 Å². The maximum absolute atomic E-state index is 10.2. The molecule has 0 spiro atoms. The second-order valence-electron chi connectivity index (χ2n) is 4.56. The summed E-state index contributed by atoms with van der Waals surface area (Å²) in [4.78, 5) is 4.26. The van der Waals surface area contributed by atoms with Crippen LogP contribution in [0.3, 0.4) is 0 Å². The SMILES string of the molecule is Cn1cc(CC(O)c2ccc3ncccc3c2)nn1. The molecule has 0 aliphatic carbocycles. The molecule has 0 fully saturated rings. The summed E-state index contributed by atoms with van der Waals surface area (Å²) < 4.78 is 1.63. The average molecular weight is 254 g/mol. The maximum atomic E-state index is 10.2. The summed E-state index contributed by atoms with van der Waals surface area (Å²) in [5.41, 5.74) is 2.57. The summed E-state index contributed by atoms with van der Waals surface area (Å²) in [5, 5.41) is 19.1. The van der Waals surface area contributed by atoms with Gasteiger partial charge in [-0.05, 0) is 23.8 Å². The van der Waals surface area contributed by atoms with Crippen LogP contribution >= 0.6 is 0 Å². The highest BCUT2D eigenvalue weighted by atomic mass is 16.3. The van der Waals surface area contributed by atoms with Crippen molar-refractivity contribution in [2.75, 3.05) is 0 Å². The number of benzene rings is 1. The topological polar surface area (TPSA) is 63.8 Å². The highest BCUT2D eigenvalue weighted by Gasteiger charge is 2.11. The van der Waals surface area contributed by atoms with E-state index in [1.165, 1.54) is 0 Å². The Balaban J connectivity index is 1.86. The van der Waals surface area contributed by atoms with Crippen LogP contribution in [-0.2, 0) is 13.5 Å². The molecule has 5 heteroatoms. The molecule has 1 aromatic carbocycles. The van der Waals surface area contributed by atoms with E-state index < -0.39 is 6.10 Å². The van der Waals surface area contributed by atoms with E-state index in [4.69, 9.17) is 0 Å². The maximum Gasteiger partial charge on any atom is 0.0856 e. The van der Waals surface area contributed by atoms with Crippen molar-refractivity contribution in [3.8, 4) is 0 Å². The summed E-state index contributed by atoms with van der Waals surface area (Å²) in [6, 6.07) is 9.66. The molecule has 1 N–H and O–H groups in total. The summed E-state index contributed by atoms with van der Waals surface area (Å²) in [5.74, 6) is 0. The first-order valence-corrected chi connectivity index (χ1v) is 6.10. The number of aryl methyl sites for hydroxylation is 1. The molecule has 0 aliphatic heterocycles. The number of fused-ring (bicyclic) bond motifs is 1. The standard InChI is InChI=1S/C14H14N4O/c1-18-9-12(16-17-18)8-14(19)11-4-5-13-10(7-11)3-2-6-15-13/h2-7,9,14,19H,8H2,1H3. The molecule has 0 amide bonds. The summed E-state index contributed by atoms with van der Waals surface area (Å²) in [6.45, 7) is 0. The molecule has 5 nitrogen and oxygen atoms in total. The number of rotatable bonds is 3. The molecule has 1 unspecified atom stereocenters. The Kier molecular flexibility index (Phi) is 2.97. The Hall–Kier alpha value is -2.27. The molecule has 19 heavy (non-hydrogen) atoms. The predicted molar refractivity (Wildman–Crippen MR) is 71.4 cm³/mol. The third-order valence-corrected chi connectivity index (χ3v) is 3.06. The van der Waals surface area contributed by atoms with Gasteiger partial charge in [-0.3, -0.25) is 9.67 Å². The van der Waals surface area contributed by atoms with Crippen LogP contribution < -0.4 is 0 Å². The fourth-order valence-electron chi connectivity index (χ4n) is 2.11. The van der Waals surface area contributed by atoms with E-state index in [2.05, 4.69) is 15.3 Å². The van der Waals surface area contributed by atoms with Gasteiger partial charge in [0.05, 0.1) is 17.3 Å². The van der Waals surface area contributed by atoms with Crippen molar-refractivity contribution in [3.63, 3.8) is 0 Å². The molecule has 2 aromatic heterocycles. The molecule has 0 aliphatic rings. The molecule has 0 radical (unpaired) electrons. The van der Waals surface area contributed by atoms with E-state index in [-0.39, 0.29) is 0 Å². The molecular weight excluding hydrogens is 240 g/mol. The zero-order valence-corrected chi connectivity index (χ0v) is 10.6. The number of aromatic nitrogens is 4. The van der Waals surface area contributed by atoms with Gasteiger partial charge in [0, 0.05) is 31.2 Å². The number of hydrogen-bond donors (Lipinski definition) is 1. The molecule has 0 saturated heterocycles. The van der Waals surface area contributed by atoms with Crippen LogP contribution in [0.2, 0.25) is 0 Å². The Labute approximate surface area is 110 Å². The quantitative estimate of drug-likeness (QED) is 0.771. The Morgan fingerprint density at radius 1 is 1.32 bits per heavy atom. The summed E-state index contributed by atoms with van der Waals surface area (Å²) in [6.07, 6.45) is 3.45. The minimum absolute atomic E-state index is 0.458. The average Bonchev–Trinajstić information content (AvgIpc) is 2.83. The van der Waals surface area contributed by atoms with E-state index in [0.29, 0.717) is 6.42 Å². The van der Waals surface area contributed by atoms with Crippen molar-refractivity contribution in [1.29, 1.82) is 0 Å². The molecule has 3 rings (SSSR count). The van der Waals surface area contributed by atoms with Crippen LogP contribution in [0.5, 0.6) is 0 Å². The third-order valence-electron chi connectivity index (χ3n) is 3.06. The second kappa shape index (κ2) is 4.78. The number of aliphatic hydroxyl groups excluding tert-OH is 1. The van der Waals surface area contributed by atoms with Gasteiger partial charge in [0.25, 0.3) is 0 Å². The van der Waals surface area contributed by atoms with E-state index >= 15 is 0 Å². The van der Waals surface area contributed by atoms with Crippen LogP contribution in [0, 0.1) is 0 Å². The number of hydrogen-bond acceptors (Lipinski definition) is 4. The fourth-order valence-corrected chi connectivity index (χ4v) is 2.11. The van der Waals surface area contributed by atoms with Gasteiger partial charge < -0.3 is 5.11 Å². The van der Waals surface area contributed by atoms with Gasteiger partial charge in [-0.25, -0.2) is 0 Å². The van der Waals surface area contributed by atoms with Gasteiger partial charge in [0.2, 0.25) is 0 Å². The summed E-state index contributed by atoms with van der Waals surface area (Å²) in [7, 11) is 1.81. The van der Waals surface area contributed by atoms with Gasteiger partial charge in [-0.2, -0.15) is 0 Å². The lowest BCUT2D eigenvalue weighted by Gasteiger charge is -2.09. The zero-order valence-electron chi connectivity index (χ0n) is 10.6. The molecule has 0 saturated carbocycles. The highest BCUT2D eigenvalue weighted by Crippen LogP contribution is 2.21. The summed E-state index contributed by atoms with van der Waals surface area (Å²) >= 11 is 0. The second-order valence-corrected chi connectivity index (χ2v) is 4.56. The number of nitrogens with zero attached hydrogens (tertiary/aromatic N) is 4. The number of pyridine rings is 1. The first-order valence-electron chi connectivity index (χ1n) is 6.10. The lowest BCUT2D eigenvalue weighted by atomic mass is 10.0. The Morgan fingerprint density at radius 2 is 2.21 bits per heavy atom. The molecule has 1 atom stereocenters. The zero-order chi connectivity index (χ0) is 13.2. The van der Waals surface area contributed by atoms with Crippen molar-refractivity contribution in [3.05, 3.63) is 54.0 Å². The smallest absolute Gasteiger partial charge is 0.0856 e. The van der Waals surface area contributed by atoms with Crippen LogP contribution in [0.4, 0.5) is 0 Å². The van der Waals surface area contributed by atoms with Crippen molar-refractivity contribution in [2.24, 2.45) is 7.05 Å². The van der Waals surface area contributed by atoms with Crippen molar-refractivity contribution < 1.29 is 5.11 Å². The molecule has 96 valence electrons. The molecule has 0 bridgehead atoms. The van der Waals surface area contributed by atoms with E-state index in [9.17, 15) is 5.11 Å². The van der Waals surface area contributed by atoms with E-state index in [1.807, 2.05) is 43.6 Å². The molecular formula is C14H14N4O. The van der Waals surface area contributed by atoms with Gasteiger partial charge in [-0.1, -0.05) is 17.3 Å². The van der Waals surface area contributed by atoms with Gasteiger partial charge >= 0.3 is 0 Å². The largest absolute Gasteiger partial charge is 0.388 e. The first-order chi connectivity index (χ1) is 9.22. The molecule has 3 aromatic rings. The monoisotopic (exact) mass is 254 g/mol. The van der Waals surface area contributed by atoms with Crippen LogP contribution in [0.25, 0.3) is 10.9 Å². The van der Waals surface area contributed by atoms with Crippen LogP contribution in [-0.4, -0.2) is 25.1 Å². The first kappa shape index (κ1) is 11.8. The van der Waals surface area contributed by atoms with Crippen molar-refractivity contribution >= 4 is 10.9 Å². The minimum Gasteiger partial charge on any atom is -0.388 e. The predicted octanol–water partition coefficient (Wildman–Crippen LogP) is 1.64. The lowest BCUT2D eigenvalue weighted by molar-refractivity contribution is 0.177. The van der Waals surface area contributed by atoms with Crippen molar-refractivity contribution in [2.45, 2.75) is 12.5 Å². The Bertz CT molecular complexity index is 707. The van der Waals surface area contributed by atoms with Crippen molar-refractivity contribution in [1.82, 2.24) is 20.0 Å². The van der Waals surface area contributed by atoms with Gasteiger partial charge in [-0.15, -0.1) is 5.10 Å².